The van der Waals surface area contributed by atoms with Gasteiger partial charge in [0.05, 0.1) is 19.3 Å². The number of aliphatic hydroxyl groups excluding tert-OH is 1. The normalized spacial score (nSPS) is 15.2. The minimum absolute atomic E-state index is 0.311. The molecule has 3 heteroatoms. The van der Waals surface area contributed by atoms with Crippen LogP contribution in [-0.4, -0.2) is 30.0 Å². The van der Waals surface area contributed by atoms with Gasteiger partial charge in [0.2, 0.25) is 0 Å². The highest BCUT2D eigenvalue weighted by Crippen LogP contribution is 2.27. The molecule has 0 spiro atoms. The summed E-state index contributed by atoms with van der Waals surface area (Å²) in [5.74, 6) is 0.843. The lowest BCUT2D eigenvalue weighted by atomic mass is 9.92. The molecule has 2 atom stereocenters. The summed E-state index contributed by atoms with van der Waals surface area (Å²) < 4.78 is 11.5. The number of hydrogen-bond donors (Lipinski definition) is 1. The molecule has 2 unspecified atom stereocenters. The number of para-hydroxylation sites is 1. The van der Waals surface area contributed by atoms with Gasteiger partial charge in [0, 0.05) is 6.42 Å². The van der Waals surface area contributed by atoms with Gasteiger partial charge >= 0.3 is 0 Å². The molecule has 1 aromatic rings. The molecule has 0 bridgehead atoms. The Bertz CT molecular complexity index is 391. The van der Waals surface area contributed by atoms with Crippen LogP contribution in [0.1, 0.15) is 39.5 Å². The topological polar surface area (TPSA) is 38.7 Å². The van der Waals surface area contributed by atoms with E-state index in [0.29, 0.717) is 19.6 Å². The molecular formula is C18H28O3. The molecule has 1 aromatic carbocycles. The van der Waals surface area contributed by atoms with E-state index in [-0.39, 0.29) is 5.60 Å². The summed E-state index contributed by atoms with van der Waals surface area (Å²) in [6.45, 7) is 8.59. The Balaban J connectivity index is 2.61. The van der Waals surface area contributed by atoms with Gasteiger partial charge in [-0.3, -0.25) is 0 Å². The molecule has 0 saturated carbocycles. The van der Waals surface area contributed by atoms with Crippen molar-refractivity contribution in [2.45, 2.75) is 51.2 Å². The smallest absolute Gasteiger partial charge is 0.120 e. The third-order valence-corrected chi connectivity index (χ3v) is 3.38. The van der Waals surface area contributed by atoms with E-state index >= 15 is 0 Å². The Labute approximate surface area is 128 Å². The molecule has 0 radical (unpaired) electrons. The van der Waals surface area contributed by atoms with Crippen molar-refractivity contribution in [2.75, 3.05) is 13.2 Å². The highest BCUT2D eigenvalue weighted by atomic mass is 16.5. The molecule has 118 valence electrons. The first-order valence-electron chi connectivity index (χ1n) is 7.70. The van der Waals surface area contributed by atoms with E-state index in [1.165, 1.54) is 0 Å². The maximum atomic E-state index is 10.1. The predicted octanol–water partition coefficient (Wildman–Crippen LogP) is 3.97. The van der Waals surface area contributed by atoms with Gasteiger partial charge < -0.3 is 14.6 Å². The van der Waals surface area contributed by atoms with Crippen LogP contribution in [0, 0.1) is 0 Å². The first kappa shape index (κ1) is 17.7. The summed E-state index contributed by atoms with van der Waals surface area (Å²) >= 11 is 0. The summed E-state index contributed by atoms with van der Waals surface area (Å²) in [5.41, 5.74) is -0.381. The molecule has 0 saturated heterocycles. The zero-order valence-electron chi connectivity index (χ0n) is 13.3. The first-order chi connectivity index (χ1) is 10.1. The second-order valence-corrected chi connectivity index (χ2v) is 5.65. The molecule has 1 rings (SSSR count). The van der Waals surface area contributed by atoms with Gasteiger partial charge in [-0.25, -0.2) is 0 Å². The average Bonchev–Trinajstić information content (AvgIpc) is 2.46. The summed E-state index contributed by atoms with van der Waals surface area (Å²) in [6.07, 6.45) is 4.80. The molecule has 0 aliphatic rings. The van der Waals surface area contributed by atoms with E-state index in [0.717, 1.165) is 25.0 Å². The lowest BCUT2D eigenvalue weighted by Crippen LogP contribution is -2.38. The molecule has 21 heavy (non-hydrogen) atoms. The SMILES string of the molecule is C=CCOCC(O)CC(C)(CCCC)Oc1ccccc1. The van der Waals surface area contributed by atoms with Crippen molar-refractivity contribution in [3.63, 3.8) is 0 Å². The molecular weight excluding hydrogens is 264 g/mol. The lowest BCUT2D eigenvalue weighted by molar-refractivity contribution is -0.0183. The van der Waals surface area contributed by atoms with Crippen LogP contribution >= 0.6 is 0 Å². The van der Waals surface area contributed by atoms with Crippen LogP contribution in [0.5, 0.6) is 5.75 Å². The largest absolute Gasteiger partial charge is 0.487 e. The van der Waals surface area contributed by atoms with Gasteiger partial charge in [-0.05, 0) is 31.9 Å². The van der Waals surface area contributed by atoms with E-state index in [1.54, 1.807) is 6.08 Å². The monoisotopic (exact) mass is 292 g/mol. The van der Waals surface area contributed by atoms with Gasteiger partial charge in [-0.1, -0.05) is 37.6 Å². The Morgan fingerprint density at radius 3 is 2.67 bits per heavy atom. The van der Waals surface area contributed by atoms with Crippen molar-refractivity contribution in [2.24, 2.45) is 0 Å². The summed E-state index contributed by atoms with van der Waals surface area (Å²) in [4.78, 5) is 0. The fraction of sp³-hybridized carbons (Fsp3) is 0.556. The van der Waals surface area contributed by atoms with Crippen LogP contribution in [0.25, 0.3) is 0 Å². The van der Waals surface area contributed by atoms with Gasteiger partial charge in [-0.15, -0.1) is 6.58 Å². The molecule has 0 amide bonds. The molecule has 0 aliphatic heterocycles. The van der Waals surface area contributed by atoms with Crippen LogP contribution < -0.4 is 4.74 Å². The van der Waals surface area contributed by atoms with Crippen molar-refractivity contribution >= 4 is 0 Å². The quantitative estimate of drug-likeness (QED) is 0.495. The number of hydrogen-bond acceptors (Lipinski definition) is 3. The molecule has 0 heterocycles. The van der Waals surface area contributed by atoms with Crippen molar-refractivity contribution in [1.29, 1.82) is 0 Å². The van der Waals surface area contributed by atoms with Crippen molar-refractivity contribution in [3.05, 3.63) is 43.0 Å². The van der Waals surface area contributed by atoms with Crippen molar-refractivity contribution < 1.29 is 14.6 Å². The number of unbranched alkanes of at least 4 members (excludes halogenated alkanes) is 1. The highest BCUT2D eigenvalue weighted by molar-refractivity contribution is 5.22. The summed E-state index contributed by atoms with van der Waals surface area (Å²) in [5, 5.41) is 10.1. The Morgan fingerprint density at radius 2 is 2.05 bits per heavy atom. The second-order valence-electron chi connectivity index (χ2n) is 5.65. The molecule has 0 fully saturated rings. The van der Waals surface area contributed by atoms with E-state index in [2.05, 4.69) is 20.4 Å². The predicted molar refractivity (Wildman–Crippen MR) is 86.6 cm³/mol. The van der Waals surface area contributed by atoms with Crippen molar-refractivity contribution in [3.8, 4) is 5.75 Å². The van der Waals surface area contributed by atoms with Crippen LogP contribution in [-0.2, 0) is 4.74 Å². The third kappa shape index (κ3) is 7.30. The van der Waals surface area contributed by atoms with E-state index in [4.69, 9.17) is 9.47 Å². The minimum atomic E-state index is -0.532. The van der Waals surface area contributed by atoms with Gasteiger partial charge in [0.25, 0.3) is 0 Å². The lowest BCUT2D eigenvalue weighted by Gasteiger charge is -2.33. The van der Waals surface area contributed by atoms with Crippen LogP contribution in [0.4, 0.5) is 0 Å². The van der Waals surface area contributed by atoms with E-state index in [9.17, 15) is 5.11 Å². The van der Waals surface area contributed by atoms with Crippen LogP contribution in [0.15, 0.2) is 43.0 Å². The third-order valence-electron chi connectivity index (χ3n) is 3.38. The fourth-order valence-corrected chi connectivity index (χ4v) is 2.36. The Morgan fingerprint density at radius 1 is 1.33 bits per heavy atom. The second kappa shape index (κ2) is 9.59. The molecule has 1 N–H and O–H groups in total. The highest BCUT2D eigenvalue weighted by Gasteiger charge is 2.29. The van der Waals surface area contributed by atoms with Gasteiger partial charge in [0.15, 0.2) is 0 Å². The van der Waals surface area contributed by atoms with Gasteiger partial charge in [0.1, 0.15) is 11.4 Å². The fourth-order valence-electron chi connectivity index (χ4n) is 2.36. The van der Waals surface area contributed by atoms with Crippen LogP contribution in [0.2, 0.25) is 0 Å². The van der Waals surface area contributed by atoms with Gasteiger partial charge in [-0.2, -0.15) is 0 Å². The molecule has 0 aliphatic carbocycles. The average molecular weight is 292 g/mol. The number of aliphatic hydroxyl groups is 1. The minimum Gasteiger partial charge on any atom is -0.487 e. The number of ether oxygens (including phenoxy) is 2. The Kier molecular flexibility index (Phi) is 8.09. The maximum Gasteiger partial charge on any atom is 0.120 e. The number of rotatable bonds is 11. The van der Waals surface area contributed by atoms with E-state index < -0.39 is 6.10 Å². The Hall–Kier alpha value is -1.32. The maximum absolute atomic E-state index is 10.1. The first-order valence-corrected chi connectivity index (χ1v) is 7.70. The zero-order chi connectivity index (χ0) is 15.6. The standard InChI is InChI=1S/C18H28O3/c1-4-6-12-18(3,14-16(19)15-20-13-5-2)21-17-10-8-7-9-11-17/h5,7-11,16,19H,2,4,6,12-15H2,1,3H3. The zero-order valence-corrected chi connectivity index (χ0v) is 13.3. The number of benzene rings is 1. The van der Waals surface area contributed by atoms with Crippen LogP contribution in [0.3, 0.4) is 0 Å². The van der Waals surface area contributed by atoms with E-state index in [1.807, 2.05) is 30.3 Å². The van der Waals surface area contributed by atoms with Crippen molar-refractivity contribution in [1.82, 2.24) is 0 Å². The molecule has 0 aromatic heterocycles. The molecule has 3 nitrogen and oxygen atoms in total. The summed E-state index contributed by atoms with van der Waals surface area (Å²) in [7, 11) is 0. The summed E-state index contributed by atoms with van der Waals surface area (Å²) in [6, 6.07) is 9.78.